The largest absolute Gasteiger partial charge is 0.491 e. The van der Waals surface area contributed by atoms with Gasteiger partial charge in [0.05, 0.1) is 12.3 Å². The van der Waals surface area contributed by atoms with E-state index in [0.717, 1.165) is 75.4 Å². The Kier molecular flexibility index (Phi) is 12.2. The van der Waals surface area contributed by atoms with E-state index in [1.807, 2.05) is 18.0 Å². The zero-order chi connectivity index (χ0) is 30.1. The van der Waals surface area contributed by atoms with Crippen molar-refractivity contribution in [2.24, 2.45) is 11.8 Å². The summed E-state index contributed by atoms with van der Waals surface area (Å²) in [7, 11) is 1.95. The minimum Gasteiger partial charge on any atom is -0.491 e. The first-order chi connectivity index (χ1) is 20.4. The molecule has 2 aromatic carbocycles. The summed E-state index contributed by atoms with van der Waals surface area (Å²) in [6, 6.07) is 13.1. The number of hydrogen-bond acceptors (Lipinski definition) is 3. The highest BCUT2D eigenvalue weighted by Crippen LogP contribution is 2.43. The molecule has 1 amide bonds. The van der Waals surface area contributed by atoms with Crippen LogP contribution in [0.25, 0.3) is 0 Å². The van der Waals surface area contributed by atoms with Crippen LogP contribution in [0.2, 0.25) is 5.02 Å². The van der Waals surface area contributed by atoms with E-state index < -0.39 is 0 Å². The molecule has 4 rings (SSSR count). The lowest BCUT2D eigenvalue weighted by molar-refractivity contribution is -0.130. The van der Waals surface area contributed by atoms with Crippen LogP contribution in [0.5, 0.6) is 5.75 Å². The van der Waals surface area contributed by atoms with Gasteiger partial charge in [-0.05, 0) is 97.2 Å². The molecule has 5 heteroatoms. The summed E-state index contributed by atoms with van der Waals surface area (Å²) in [5, 5.41) is 0.806. The second-order valence-electron chi connectivity index (χ2n) is 12.7. The van der Waals surface area contributed by atoms with Gasteiger partial charge in [0.25, 0.3) is 0 Å². The Labute approximate surface area is 260 Å². The Morgan fingerprint density at radius 1 is 1.12 bits per heavy atom. The first-order valence-electron chi connectivity index (χ1n) is 16.5. The van der Waals surface area contributed by atoms with Crippen molar-refractivity contribution in [1.82, 2.24) is 4.90 Å². The molecule has 0 radical (unpaired) electrons. The number of ether oxygens (including phenoxy) is 1. The van der Waals surface area contributed by atoms with Gasteiger partial charge in [0.1, 0.15) is 5.75 Å². The molecule has 0 saturated heterocycles. The van der Waals surface area contributed by atoms with E-state index in [9.17, 15) is 4.79 Å². The highest BCUT2D eigenvalue weighted by Gasteiger charge is 2.34. The number of rotatable bonds is 15. The van der Waals surface area contributed by atoms with Crippen molar-refractivity contribution in [3.8, 4) is 5.75 Å². The number of anilines is 1. The third-order valence-electron chi connectivity index (χ3n) is 9.57. The third kappa shape index (κ3) is 8.13. The third-order valence-corrected chi connectivity index (χ3v) is 9.81. The van der Waals surface area contributed by atoms with Crippen molar-refractivity contribution in [1.29, 1.82) is 0 Å². The molecule has 1 fully saturated rings. The molecule has 1 aliphatic carbocycles. The van der Waals surface area contributed by atoms with Gasteiger partial charge in [-0.25, -0.2) is 0 Å². The number of benzene rings is 2. The number of allylic oxidation sites excluding steroid dienone is 1. The summed E-state index contributed by atoms with van der Waals surface area (Å²) < 4.78 is 6.61. The summed E-state index contributed by atoms with van der Waals surface area (Å²) in [5.74, 6) is 3.07. The first-order valence-corrected chi connectivity index (χ1v) is 16.9. The van der Waals surface area contributed by atoms with E-state index >= 15 is 0 Å². The van der Waals surface area contributed by atoms with E-state index in [-0.39, 0.29) is 17.7 Å². The molecule has 0 spiro atoms. The minimum absolute atomic E-state index is 0.211. The number of carbonyl (C=O) groups is 1. The Hall–Kier alpha value is -2.46. The zero-order valence-electron chi connectivity index (χ0n) is 26.5. The molecular weight excluding hydrogens is 540 g/mol. The van der Waals surface area contributed by atoms with E-state index in [0.29, 0.717) is 24.9 Å². The van der Waals surface area contributed by atoms with Crippen LogP contribution in [0.15, 0.2) is 49.1 Å². The van der Waals surface area contributed by atoms with Crippen molar-refractivity contribution in [3.05, 3.63) is 70.8 Å². The number of aryl methyl sites for hydroxylation is 1. The Morgan fingerprint density at radius 2 is 1.93 bits per heavy atom. The van der Waals surface area contributed by atoms with E-state index in [4.69, 9.17) is 16.3 Å². The molecule has 4 atom stereocenters. The maximum Gasteiger partial charge on any atom is 0.222 e. The highest BCUT2D eigenvalue weighted by atomic mass is 35.5. The normalized spacial score (nSPS) is 20.6. The molecule has 0 aromatic heterocycles. The van der Waals surface area contributed by atoms with Gasteiger partial charge >= 0.3 is 0 Å². The SMILES string of the molecule is C=CCC1CCC1CN1CC(c2ccc(Cl)cc2CCC)COc2ccc(C(CCC)CC(=O)N(C)CCCC)cc21. The molecule has 1 aliphatic heterocycles. The predicted molar refractivity (Wildman–Crippen MR) is 178 cm³/mol. The summed E-state index contributed by atoms with van der Waals surface area (Å²) >= 11 is 6.44. The Morgan fingerprint density at radius 3 is 2.62 bits per heavy atom. The van der Waals surface area contributed by atoms with Crippen LogP contribution in [0, 0.1) is 11.8 Å². The molecular formula is C37H53ClN2O2. The monoisotopic (exact) mass is 592 g/mol. The van der Waals surface area contributed by atoms with Crippen LogP contribution < -0.4 is 9.64 Å². The number of fused-ring (bicyclic) bond motifs is 1. The number of amides is 1. The second-order valence-corrected chi connectivity index (χ2v) is 13.2. The van der Waals surface area contributed by atoms with Gasteiger partial charge < -0.3 is 14.5 Å². The number of halogens is 1. The van der Waals surface area contributed by atoms with Gasteiger partial charge in [0, 0.05) is 44.0 Å². The lowest BCUT2D eigenvalue weighted by atomic mass is 9.71. The fourth-order valence-corrected chi connectivity index (χ4v) is 7.09. The number of hydrogen-bond donors (Lipinski definition) is 0. The van der Waals surface area contributed by atoms with Crippen LogP contribution in [0.1, 0.15) is 107 Å². The predicted octanol–water partition coefficient (Wildman–Crippen LogP) is 9.41. The Balaban J connectivity index is 1.65. The summed E-state index contributed by atoms with van der Waals surface area (Å²) in [5.41, 5.74) is 5.15. The van der Waals surface area contributed by atoms with Gasteiger partial charge in [-0.15, -0.1) is 6.58 Å². The molecule has 2 aromatic rings. The van der Waals surface area contributed by atoms with Gasteiger partial charge in [0.2, 0.25) is 5.91 Å². The van der Waals surface area contributed by atoms with Crippen LogP contribution in [0.3, 0.4) is 0 Å². The van der Waals surface area contributed by atoms with Crippen LogP contribution >= 0.6 is 11.6 Å². The maximum atomic E-state index is 13.2. The van der Waals surface area contributed by atoms with Gasteiger partial charge in [-0.3, -0.25) is 4.79 Å². The van der Waals surface area contributed by atoms with Crippen molar-refractivity contribution in [3.63, 3.8) is 0 Å². The maximum absolute atomic E-state index is 13.2. The quantitative estimate of drug-likeness (QED) is 0.193. The van der Waals surface area contributed by atoms with Crippen LogP contribution in [-0.4, -0.2) is 44.1 Å². The van der Waals surface area contributed by atoms with E-state index in [1.54, 1.807) is 0 Å². The Bertz CT molecular complexity index is 1180. The van der Waals surface area contributed by atoms with Crippen LogP contribution in [-0.2, 0) is 11.2 Å². The van der Waals surface area contributed by atoms with Crippen molar-refractivity contribution >= 4 is 23.2 Å². The van der Waals surface area contributed by atoms with Gasteiger partial charge in [-0.1, -0.05) is 69.8 Å². The molecule has 0 bridgehead atoms. The standard InChI is InChI=1S/C37H53ClN2O2/c1-6-10-20-39(5)37(41)23-28(12-8-3)29-16-19-36-35(22-29)40(24-31-15-14-27(31)11-7-2)25-32(26-42-36)34-18-17-33(38)21-30(34)13-9-4/h7,16-19,21-22,27-28,31-32H,2,6,8-15,20,23-26H2,1,3-5H3. The molecule has 1 saturated carbocycles. The highest BCUT2D eigenvalue weighted by molar-refractivity contribution is 6.30. The van der Waals surface area contributed by atoms with Crippen molar-refractivity contribution < 1.29 is 9.53 Å². The summed E-state index contributed by atoms with van der Waals surface area (Å²) in [6.07, 6.45) is 12.6. The number of unbranched alkanes of at least 4 members (excludes halogenated alkanes) is 1. The second kappa shape index (κ2) is 15.8. The summed E-state index contributed by atoms with van der Waals surface area (Å²) in [6.45, 7) is 14.1. The molecule has 1 heterocycles. The number of nitrogens with zero attached hydrogens (tertiary/aromatic N) is 2. The number of carbonyl (C=O) groups excluding carboxylic acids is 1. The first kappa shape index (κ1) is 32.5. The van der Waals surface area contributed by atoms with Crippen molar-refractivity contribution in [2.45, 2.75) is 96.8 Å². The molecule has 2 aliphatic rings. The van der Waals surface area contributed by atoms with E-state index in [2.05, 4.69) is 68.7 Å². The van der Waals surface area contributed by atoms with Gasteiger partial charge in [0.15, 0.2) is 0 Å². The average molecular weight is 593 g/mol. The molecule has 4 unspecified atom stereocenters. The lowest BCUT2D eigenvalue weighted by Gasteiger charge is -2.41. The molecule has 230 valence electrons. The molecule has 0 N–H and O–H groups in total. The lowest BCUT2D eigenvalue weighted by Crippen LogP contribution is -2.40. The van der Waals surface area contributed by atoms with Crippen LogP contribution in [0.4, 0.5) is 5.69 Å². The molecule has 42 heavy (non-hydrogen) atoms. The van der Waals surface area contributed by atoms with Gasteiger partial charge in [-0.2, -0.15) is 0 Å². The topological polar surface area (TPSA) is 32.8 Å². The van der Waals surface area contributed by atoms with Crippen molar-refractivity contribution in [2.75, 3.05) is 38.2 Å². The average Bonchev–Trinajstić information content (AvgIpc) is 3.15. The minimum atomic E-state index is 0.211. The smallest absolute Gasteiger partial charge is 0.222 e. The van der Waals surface area contributed by atoms with E-state index in [1.165, 1.54) is 35.2 Å². The fraction of sp³-hybridized carbons (Fsp3) is 0.595. The summed E-state index contributed by atoms with van der Waals surface area (Å²) in [4.78, 5) is 17.7. The molecule has 4 nitrogen and oxygen atoms in total. The zero-order valence-corrected chi connectivity index (χ0v) is 27.3. The fourth-order valence-electron chi connectivity index (χ4n) is 6.89.